The molecule has 0 unspecified atom stereocenters. The standard InChI is InChI=1S/C11H17N3/c1-2-3-11-5-4-10(9-14-11)8-13-7-6-12/h2-5,9,13H,6-8,12H2,1H3. The summed E-state index contributed by atoms with van der Waals surface area (Å²) in [6.07, 6.45) is 5.85. The van der Waals surface area contributed by atoms with Gasteiger partial charge in [-0.2, -0.15) is 0 Å². The lowest BCUT2D eigenvalue weighted by molar-refractivity contribution is 0.693. The van der Waals surface area contributed by atoms with Gasteiger partial charge in [-0.3, -0.25) is 4.98 Å². The second kappa shape index (κ2) is 6.29. The largest absolute Gasteiger partial charge is 0.329 e. The lowest BCUT2D eigenvalue weighted by atomic mass is 10.2. The molecule has 1 heterocycles. The van der Waals surface area contributed by atoms with E-state index >= 15 is 0 Å². The number of allylic oxidation sites excluding steroid dienone is 1. The average Bonchev–Trinajstić information content (AvgIpc) is 2.21. The molecule has 0 saturated heterocycles. The van der Waals surface area contributed by atoms with Crippen LogP contribution in [0.1, 0.15) is 18.2 Å². The maximum atomic E-state index is 5.37. The van der Waals surface area contributed by atoms with Gasteiger partial charge >= 0.3 is 0 Å². The SMILES string of the molecule is CC=Cc1ccc(CNCCN)cn1. The lowest BCUT2D eigenvalue weighted by Gasteiger charge is -2.02. The number of aromatic nitrogens is 1. The summed E-state index contributed by atoms with van der Waals surface area (Å²) in [5.41, 5.74) is 7.55. The smallest absolute Gasteiger partial charge is 0.0626 e. The average molecular weight is 191 g/mol. The molecule has 14 heavy (non-hydrogen) atoms. The van der Waals surface area contributed by atoms with E-state index in [1.807, 2.05) is 31.3 Å². The Balaban J connectivity index is 2.46. The fourth-order valence-electron chi connectivity index (χ4n) is 1.14. The molecule has 0 aliphatic rings. The van der Waals surface area contributed by atoms with Gasteiger partial charge in [-0.25, -0.2) is 0 Å². The molecule has 1 aromatic heterocycles. The van der Waals surface area contributed by atoms with Crippen LogP contribution in [-0.4, -0.2) is 18.1 Å². The quantitative estimate of drug-likeness (QED) is 0.687. The van der Waals surface area contributed by atoms with E-state index < -0.39 is 0 Å². The van der Waals surface area contributed by atoms with Crippen molar-refractivity contribution in [2.24, 2.45) is 5.73 Å². The zero-order chi connectivity index (χ0) is 10.2. The van der Waals surface area contributed by atoms with Gasteiger partial charge in [0.05, 0.1) is 5.69 Å². The molecular formula is C11H17N3. The number of nitrogens with zero attached hydrogens (tertiary/aromatic N) is 1. The minimum atomic E-state index is 0.671. The van der Waals surface area contributed by atoms with Gasteiger partial charge in [-0.15, -0.1) is 0 Å². The van der Waals surface area contributed by atoms with Gasteiger partial charge in [-0.1, -0.05) is 12.1 Å². The molecule has 0 atom stereocenters. The molecule has 1 aromatic rings. The van der Waals surface area contributed by atoms with Crippen LogP contribution >= 0.6 is 0 Å². The van der Waals surface area contributed by atoms with Gasteiger partial charge in [-0.05, 0) is 24.6 Å². The Kier molecular flexibility index (Phi) is 4.89. The van der Waals surface area contributed by atoms with Crippen LogP contribution in [-0.2, 0) is 6.54 Å². The molecule has 0 saturated carbocycles. The third kappa shape index (κ3) is 3.68. The molecule has 0 amide bonds. The highest BCUT2D eigenvalue weighted by Crippen LogP contribution is 2.01. The van der Waals surface area contributed by atoms with E-state index in [1.54, 1.807) is 0 Å². The first-order valence-electron chi connectivity index (χ1n) is 4.85. The molecule has 0 radical (unpaired) electrons. The third-order valence-corrected chi connectivity index (χ3v) is 1.84. The first kappa shape index (κ1) is 10.9. The van der Waals surface area contributed by atoms with Crippen molar-refractivity contribution < 1.29 is 0 Å². The number of pyridine rings is 1. The first-order valence-corrected chi connectivity index (χ1v) is 4.85. The second-order valence-electron chi connectivity index (χ2n) is 3.06. The Morgan fingerprint density at radius 2 is 2.36 bits per heavy atom. The number of hydrogen-bond acceptors (Lipinski definition) is 3. The molecule has 3 nitrogen and oxygen atoms in total. The van der Waals surface area contributed by atoms with E-state index in [2.05, 4.69) is 16.4 Å². The molecule has 3 N–H and O–H groups in total. The van der Waals surface area contributed by atoms with Crippen LogP contribution in [0.3, 0.4) is 0 Å². The first-order chi connectivity index (χ1) is 6.86. The van der Waals surface area contributed by atoms with Crippen LogP contribution < -0.4 is 11.1 Å². The molecule has 0 fully saturated rings. The summed E-state index contributed by atoms with van der Waals surface area (Å²) in [5.74, 6) is 0. The Bertz CT molecular complexity index is 277. The van der Waals surface area contributed by atoms with Gasteiger partial charge in [0.2, 0.25) is 0 Å². The lowest BCUT2D eigenvalue weighted by Crippen LogP contribution is -2.21. The summed E-state index contributed by atoms with van der Waals surface area (Å²) in [6.45, 7) is 4.33. The third-order valence-electron chi connectivity index (χ3n) is 1.84. The van der Waals surface area contributed by atoms with E-state index in [-0.39, 0.29) is 0 Å². The Morgan fingerprint density at radius 3 is 2.93 bits per heavy atom. The summed E-state index contributed by atoms with van der Waals surface area (Å²) >= 11 is 0. The van der Waals surface area contributed by atoms with Crippen molar-refractivity contribution >= 4 is 6.08 Å². The highest BCUT2D eigenvalue weighted by atomic mass is 14.9. The predicted molar refractivity (Wildman–Crippen MR) is 59.7 cm³/mol. The number of rotatable bonds is 5. The molecule has 0 spiro atoms. The van der Waals surface area contributed by atoms with Gasteiger partial charge in [0, 0.05) is 25.8 Å². The number of nitrogens with two attached hydrogens (primary N) is 1. The fraction of sp³-hybridized carbons (Fsp3) is 0.364. The Hall–Kier alpha value is -1.19. The van der Waals surface area contributed by atoms with E-state index in [0.717, 1.165) is 18.8 Å². The predicted octanol–water partition coefficient (Wildman–Crippen LogP) is 1.16. The van der Waals surface area contributed by atoms with Crippen molar-refractivity contribution in [3.8, 4) is 0 Å². The minimum absolute atomic E-state index is 0.671. The highest BCUT2D eigenvalue weighted by molar-refractivity contribution is 5.43. The van der Waals surface area contributed by atoms with Crippen LogP contribution in [0.15, 0.2) is 24.4 Å². The van der Waals surface area contributed by atoms with Gasteiger partial charge < -0.3 is 11.1 Å². The summed E-state index contributed by atoms with van der Waals surface area (Å²) in [5, 5.41) is 3.22. The zero-order valence-electron chi connectivity index (χ0n) is 8.53. The Morgan fingerprint density at radius 1 is 1.50 bits per heavy atom. The molecule has 1 rings (SSSR count). The summed E-state index contributed by atoms with van der Waals surface area (Å²) in [4.78, 5) is 4.29. The molecule has 0 aliphatic heterocycles. The van der Waals surface area contributed by atoms with Crippen LogP contribution in [0.25, 0.3) is 6.08 Å². The van der Waals surface area contributed by atoms with Crippen molar-refractivity contribution in [3.63, 3.8) is 0 Å². The number of hydrogen-bond donors (Lipinski definition) is 2. The van der Waals surface area contributed by atoms with Crippen molar-refractivity contribution in [2.45, 2.75) is 13.5 Å². The molecule has 0 aliphatic carbocycles. The number of nitrogens with one attached hydrogen (secondary N) is 1. The summed E-state index contributed by atoms with van der Waals surface area (Å²) in [7, 11) is 0. The maximum Gasteiger partial charge on any atom is 0.0626 e. The second-order valence-corrected chi connectivity index (χ2v) is 3.06. The topological polar surface area (TPSA) is 50.9 Å². The fourth-order valence-corrected chi connectivity index (χ4v) is 1.14. The van der Waals surface area contributed by atoms with E-state index in [9.17, 15) is 0 Å². The maximum absolute atomic E-state index is 5.37. The highest BCUT2D eigenvalue weighted by Gasteiger charge is 1.92. The minimum Gasteiger partial charge on any atom is -0.329 e. The van der Waals surface area contributed by atoms with Crippen LogP contribution in [0.4, 0.5) is 0 Å². The zero-order valence-corrected chi connectivity index (χ0v) is 8.53. The van der Waals surface area contributed by atoms with E-state index in [1.165, 1.54) is 5.56 Å². The van der Waals surface area contributed by atoms with Crippen molar-refractivity contribution in [2.75, 3.05) is 13.1 Å². The van der Waals surface area contributed by atoms with Gasteiger partial charge in [0.15, 0.2) is 0 Å². The molecule has 3 heteroatoms. The summed E-state index contributed by atoms with van der Waals surface area (Å²) in [6, 6.07) is 4.09. The molecule has 0 bridgehead atoms. The van der Waals surface area contributed by atoms with Crippen molar-refractivity contribution in [1.29, 1.82) is 0 Å². The normalized spacial score (nSPS) is 11.0. The van der Waals surface area contributed by atoms with Crippen LogP contribution in [0.5, 0.6) is 0 Å². The molecular weight excluding hydrogens is 174 g/mol. The van der Waals surface area contributed by atoms with Crippen molar-refractivity contribution in [3.05, 3.63) is 35.7 Å². The summed E-state index contributed by atoms with van der Waals surface area (Å²) < 4.78 is 0. The van der Waals surface area contributed by atoms with Crippen LogP contribution in [0, 0.1) is 0 Å². The monoisotopic (exact) mass is 191 g/mol. The van der Waals surface area contributed by atoms with Gasteiger partial charge in [0.1, 0.15) is 0 Å². The van der Waals surface area contributed by atoms with Crippen molar-refractivity contribution in [1.82, 2.24) is 10.3 Å². The van der Waals surface area contributed by atoms with Gasteiger partial charge in [0.25, 0.3) is 0 Å². The van der Waals surface area contributed by atoms with Crippen LogP contribution in [0.2, 0.25) is 0 Å². The molecule has 76 valence electrons. The van der Waals surface area contributed by atoms with E-state index in [0.29, 0.717) is 6.54 Å². The molecule has 0 aromatic carbocycles. The Labute approximate surface area is 85.0 Å². The van der Waals surface area contributed by atoms with E-state index in [4.69, 9.17) is 5.73 Å².